The average molecular weight is 254 g/mol. The summed E-state index contributed by atoms with van der Waals surface area (Å²) in [5, 5.41) is 19.5. The van der Waals surface area contributed by atoms with Crippen molar-refractivity contribution in [3.05, 3.63) is 33.3 Å². The van der Waals surface area contributed by atoms with Crippen LogP contribution in [0, 0.1) is 21.4 Å². The van der Waals surface area contributed by atoms with Crippen molar-refractivity contribution in [2.24, 2.45) is 0 Å². The summed E-state index contributed by atoms with van der Waals surface area (Å²) in [4.78, 5) is 11.9. The van der Waals surface area contributed by atoms with Crippen LogP contribution in [0.4, 0.5) is 11.4 Å². The molecule has 0 radical (unpaired) electrons. The number of hydrogen-bond donors (Lipinski definition) is 0. The van der Waals surface area contributed by atoms with Crippen LogP contribution >= 0.6 is 11.6 Å². The highest BCUT2D eigenvalue weighted by atomic mass is 35.5. The SMILES string of the molecule is CC(CC#N)N(C)c1ccc([N+](=O)[O-])cc1Cl. The number of rotatable bonds is 4. The summed E-state index contributed by atoms with van der Waals surface area (Å²) in [5.41, 5.74) is 0.639. The molecule has 0 heterocycles. The molecular weight excluding hydrogens is 242 g/mol. The number of benzene rings is 1. The Labute approximate surface area is 104 Å². The van der Waals surface area contributed by atoms with E-state index in [-0.39, 0.29) is 11.7 Å². The van der Waals surface area contributed by atoms with E-state index in [0.717, 1.165) is 0 Å². The van der Waals surface area contributed by atoms with Gasteiger partial charge in [-0.25, -0.2) is 0 Å². The molecule has 0 aliphatic carbocycles. The molecule has 0 bridgehead atoms. The maximum absolute atomic E-state index is 10.6. The molecule has 1 rings (SSSR count). The van der Waals surface area contributed by atoms with Crippen molar-refractivity contribution in [3.63, 3.8) is 0 Å². The molecule has 90 valence electrons. The lowest BCUT2D eigenvalue weighted by Gasteiger charge is -2.25. The number of nitro benzene ring substituents is 1. The van der Waals surface area contributed by atoms with Crippen molar-refractivity contribution in [3.8, 4) is 6.07 Å². The molecule has 0 spiro atoms. The Morgan fingerprint density at radius 1 is 1.65 bits per heavy atom. The third-order valence-corrected chi connectivity index (χ3v) is 2.87. The van der Waals surface area contributed by atoms with E-state index < -0.39 is 4.92 Å². The maximum Gasteiger partial charge on any atom is 0.271 e. The van der Waals surface area contributed by atoms with E-state index >= 15 is 0 Å². The minimum absolute atomic E-state index is 0.000967. The fourth-order valence-electron chi connectivity index (χ4n) is 1.40. The lowest BCUT2D eigenvalue weighted by Crippen LogP contribution is -2.28. The second-order valence-electron chi connectivity index (χ2n) is 3.71. The van der Waals surface area contributed by atoms with E-state index in [1.54, 1.807) is 13.1 Å². The Balaban J connectivity index is 3.00. The fourth-order valence-corrected chi connectivity index (χ4v) is 1.71. The van der Waals surface area contributed by atoms with Gasteiger partial charge in [-0.2, -0.15) is 5.26 Å². The number of nitriles is 1. The van der Waals surface area contributed by atoms with Crippen molar-refractivity contribution in [1.29, 1.82) is 5.26 Å². The summed E-state index contributed by atoms with van der Waals surface area (Å²) < 4.78 is 0. The molecule has 0 aliphatic heterocycles. The van der Waals surface area contributed by atoms with E-state index in [2.05, 4.69) is 6.07 Å². The predicted octanol–water partition coefficient (Wildman–Crippen LogP) is 2.99. The monoisotopic (exact) mass is 253 g/mol. The van der Waals surface area contributed by atoms with Crippen LogP contribution in [0.1, 0.15) is 13.3 Å². The highest BCUT2D eigenvalue weighted by Gasteiger charge is 2.15. The number of non-ortho nitro benzene ring substituents is 1. The molecule has 17 heavy (non-hydrogen) atoms. The number of nitrogens with zero attached hydrogens (tertiary/aromatic N) is 3. The third-order valence-electron chi connectivity index (χ3n) is 2.57. The Bertz CT molecular complexity index is 470. The molecule has 1 unspecified atom stereocenters. The van der Waals surface area contributed by atoms with Crippen molar-refractivity contribution < 1.29 is 4.92 Å². The number of nitro groups is 1. The summed E-state index contributed by atoms with van der Waals surface area (Å²) in [6.07, 6.45) is 0.365. The van der Waals surface area contributed by atoms with Gasteiger partial charge in [-0.1, -0.05) is 11.6 Å². The van der Waals surface area contributed by atoms with Gasteiger partial charge in [-0.15, -0.1) is 0 Å². The van der Waals surface area contributed by atoms with Gasteiger partial charge in [0.05, 0.1) is 28.1 Å². The van der Waals surface area contributed by atoms with E-state index in [1.807, 2.05) is 11.8 Å². The quantitative estimate of drug-likeness (QED) is 0.611. The highest BCUT2D eigenvalue weighted by molar-refractivity contribution is 6.33. The van der Waals surface area contributed by atoms with Gasteiger partial charge >= 0.3 is 0 Å². The van der Waals surface area contributed by atoms with E-state index in [1.165, 1.54) is 12.1 Å². The van der Waals surface area contributed by atoms with Crippen LogP contribution in [0.5, 0.6) is 0 Å². The maximum atomic E-state index is 10.6. The molecule has 1 atom stereocenters. The Hall–Kier alpha value is -1.80. The van der Waals surface area contributed by atoms with Crippen LogP contribution in [-0.2, 0) is 0 Å². The van der Waals surface area contributed by atoms with E-state index in [9.17, 15) is 10.1 Å². The van der Waals surface area contributed by atoms with Crippen LogP contribution < -0.4 is 4.90 Å². The van der Waals surface area contributed by atoms with Crippen LogP contribution in [-0.4, -0.2) is 18.0 Å². The van der Waals surface area contributed by atoms with Crippen LogP contribution in [0.25, 0.3) is 0 Å². The zero-order valence-corrected chi connectivity index (χ0v) is 10.3. The van der Waals surface area contributed by atoms with Crippen LogP contribution in [0.15, 0.2) is 18.2 Å². The first-order valence-corrected chi connectivity index (χ1v) is 5.39. The van der Waals surface area contributed by atoms with Crippen molar-refractivity contribution in [2.45, 2.75) is 19.4 Å². The van der Waals surface area contributed by atoms with Crippen LogP contribution in [0.3, 0.4) is 0 Å². The van der Waals surface area contributed by atoms with Gasteiger partial charge in [0.15, 0.2) is 0 Å². The molecule has 0 saturated carbocycles. The standard InChI is InChI=1S/C11H12ClN3O2/c1-8(5-6-13)14(2)11-4-3-9(15(16)17)7-10(11)12/h3-4,7-8H,5H2,1-2H3. The average Bonchev–Trinajstić information content (AvgIpc) is 2.28. The summed E-state index contributed by atoms with van der Waals surface area (Å²) in [7, 11) is 1.80. The third kappa shape index (κ3) is 3.08. The van der Waals surface area contributed by atoms with Crippen molar-refractivity contribution in [2.75, 3.05) is 11.9 Å². The zero-order chi connectivity index (χ0) is 13.0. The van der Waals surface area contributed by atoms with Gasteiger partial charge in [0.25, 0.3) is 5.69 Å². The molecule has 0 aliphatic rings. The topological polar surface area (TPSA) is 70.2 Å². The van der Waals surface area contributed by atoms with Gasteiger partial charge in [0, 0.05) is 25.2 Å². The molecule has 5 nitrogen and oxygen atoms in total. The Morgan fingerprint density at radius 2 is 2.29 bits per heavy atom. The summed E-state index contributed by atoms with van der Waals surface area (Å²) in [6, 6.07) is 6.38. The first-order chi connectivity index (χ1) is 7.97. The normalized spacial score (nSPS) is 11.6. The minimum atomic E-state index is -0.492. The Morgan fingerprint density at radius 3 is 2.76 bits per heavy atom. The molecular formula is C11H12ClN3O2. The van der Waals surface area contributed by atoms with E-state index in [4.69, 9.17) is 16.9 Å². The fraction of sp³-hybridized carbons (Fsp3) is 0.364. The molecule has 1 aromatic rings. The first kappa shape index (κ1) is 13.3. The molecule has 0 N–H and O–H groups in total. The molecule has 0 amide bonds. The lowest BCUT2D eigenvalue weighted by molar-refractivity contribution is -0.384. The van der Waals surface area contributed by atoms with E-state index in [0.29, 0.717) is 17.1 Å². The van der Waals surface area contributed by atoms with Gasteiger partial charge < -0.3 is 4.90 Å². The van der Waals surface area contributed by atoms with Gasteiger partial charge in [0.2, 0.25) is 0 Å². The molecule has 1 aromatic carbocycles. The number of anilines is 1. The second kappa shape index (κ2) is 5.51. The summed E-state index contributed by atoms with van der Waals surface area (Å²) in [6.45, 7) is 1.89. The molecule has 6 heteroatoms. The second-order valence-corrected chi connectivity index (χ2v) is 4.12. The van der Waals surface area contributed by atoms with Crippen molar-refractivity contribution >= 4 is 23.0 Å². The lowest BCUT2D eigenvalue weighted by atomic mass is 10.2. The minimum Gasteiger partial charge on any atom is -0.370 e. The molecule has 0 aromatic heterocycles. The van der Waals surface area contributed by atoms with Gasteiger partial charge in [0.1, 0.15) is 0 Å². The van der Waals surface area contributed by atoms with Crippen molar-refractivity contribution in [1.82, 2.24) is 0 Å². The zero-order valence-electron chi connectivity index (χ0n) is 9.55. The number of hydrogen-bond acceptors (Lipinski definition) is 4. The first-order valence-electron chi connectivity index (χ1n) is 5.01. The van der Waals surface area contributed by atoms with Gasteiger partial charge in [-0.05, 0) is 13.0 Å². The molecule has 0 fully saturated rings. The van der Waals surface area contributed by atoms with Gasteiger partial charge in [-0.3, -0.25) is 10.1 Å². The smallest absolute Gasteiger partial charge is 0.271 e. The Kier molecular flexibility index (Phi) is 4.30. The summed E-state index contributed by atoms with van der Waals surface area (Å²) in [5.74, 6) is 0. The van der Waals surface area contributed by atoms with Crippen LogP contribution in [0.2, 0.25) is 5.02 Å². The predicted molar refractivity (Wildman–Crippen MR) is 66.2 cm³/mol. The largest absolute Gasteiger partial charge is 0.370 e. The number of halogens is 1. The molecule has 0 saturated heterocycles. The highest BCUT2D eigenvalue weighted by Crippen LogP contribution is 2.30. The summed E-state index contributed by atoms with van der Waals surface area (Å²) >= 11 is 5.98.